The number of carbonyl (C=O) groups is 3. The molecule has 0 aliphatic heterocycles. The first-order valence-corrected chi connectivity index (χ1v) is 14.8. The van der Waals surface area contributed by atoms with E-state index in [2.05, 4.69) is 39.3 Å². The van der Waals surface area contributed by atoms with Crippen molar-refractivity contribution in [2.75, 3.05) is 50.6 Å². The maximum atomic E-state index is 12.9. The highest BCUT2D eigenvalue weighted by atomic mass is 16.5. The molecule has 0 spiro atoms. The summed E-state index contributed by atoms with van der Waals surface area (Å²) < 4.78 is 5.50. The van der Waals surface area contributed by atoms with Crippen LogP contribution in [-0.2, 0) is 11.2 Å². The molecule has 3 N–H and O–H groups in total. The van der Waals surface area contributed by atoms with Crippen LogP contribution in [0.2, 0.25) is 0 Å². The largest absolute Gasteiger partial charge is 0.495 e. The number of amides is 3. The fraction of sp³-hybridized carbons (Fsp3) is 0.406. The van der Waals surface area contributed by atoms with Gasteiger partial charge in [-0.3, -0.25) is 9.59 Å². The van der Waals surface area contributed by atoms with E-state index in [9.17, 15) is 19.5 Å². The summed E-state index contributed by atoms with van der Waals surface area (Å²) in [4.78, 5) is 51.3. The van der Waals surface area contributed by atoms with E-state index < -0.39 is 6.09 Å². The first-order valence-electron chi connectivity index (χ1n) is 14.8. The molecule has 44 heavy (non-hydrogen) atoms. The number of hydrogen-bond donors (Lipinski definition) is 3. The molecular formula is C32H43N7O5. The monoisotopic (exact) mass is 605 g/mol. The van der Waals surface area contributed by atoms with Crippen LogP contribution in [0.25, 0.3) is 0 Å². The van der Waals surface area contributed by atoms with Crippen molar-refractivity contribution in [1.29, 1.82) is 0 Å². The molecule has 0 bridgehead atoms. The summed E-state index contributed by atoms with van der Waals surface area (Å²) in [5.74, 6) is 0.334. The number of methoxy groups -OCH3 is 1. The number of anilines is 4. The molecule has 0 saturated carbocycles. The summed E-state index contributed by atoms with van der Waals surface area (Å²) in [5, 5.41) is 16.1. The lowest BCUT2D eigenvalue weighted by molar-refractivity contribution is -0.121. The zero-order chi connectivity index (χ0) is 32.2. The van der Waals surface area contributed by atoms with Gasteiger partial charge in [-0.05, 0) is 68.4 Å². The number of carbonyl (C=O) groups excluding carboxylic acids is 2. The third kappa shape index (κ3) is 9.14. The maximum Gasteiger partial charge on any atom is 0.417 e. The number of benzene rings is 2. The summed E-state index contributed by atoms with van der Waals surface area (Å²) in [6.07, 6.45) is 1.12. The predicted octanol–water partition coefficient (Wildman–Crippen LogP) is 4.92. The van der Waals surface area contributed by atoms with Gasteiger partial charge in [-0.15, -0.1) is 0 Å². The molecule has 236 valence electrons. The first-order chi connectivity index (χ1) is 21.1. The van der Waals surface area contributed by atoms with Gasteiger partial charge in [0.05, 0.1) is 19.2 Å². The fourth-order valence-corrected chi connectivity index (χ4v) is 4.47. The van der Waals surface area contributed by atoms with Crippen molar-refractivity contribution < 1.29 is 24.2 Å². The lowest BCUT2D eigenvalue weighted by Gasteiger charge is -2.23. The average molecular weight is 606 g/mol. The van der Waals surface area contributed by atoms with E-state index in [1.54, 1.807) is 54.4 Å². The number of nitrogens with one attached hydrogen (secondary N) is 2. The molecule has 1 aromatic heterocycles. The van der Waals surface area contributed by atoms with Gasteiger partial charge in [0.1, 0.15) is 11.6 Å². The van der Waals surface area contributed by atoms with E-state index in [0.717, 1.165) is 31.0 Å². The standard InChI is InChI=1S/C32H43N7O5/c1-7-22(4)34-29(40)21-23-10-15-26(27(20-23)44-6)39(32(42)43)28-16-17-33-31(36-28)35-25-13-11-24(12-14-25)30(41)37(5)18-19-38(8-2)9-3/h10-17,20,22H,7-9,18-19,21H2,1-6H3,(H,34,40)(H,42,43)(H,33,35,36). The molecule has 0 fully saturated rings. The Bertz CT molecular complexity index is 1410. The topological polar surface area (TPSA) is 140 Å². The van der Waals surface area contributed by atoms with Crippen LogP contribution >= 0.6 is 0 Å². The number of aromatic nitrogens is 2. The van der Waals surface area contributed by atoms with Crippen molar-refractivity contribution >= 4 is 41.0 Å². The van der Waals surface area contributed by atoms with Gasteiger partial charge >= 0.3 is 6.09 Å². The van der Waals surface area contributed by atoms with Crippen molar-refractivity contribution in [1.82, 2.24) is 25.1 Å². The van der Waals surface area contributed by atoms with Crippen molar-refractivity contribution in [3.8, 4) is 5.75 Å². The Hall–Kier alpha value is -4.71. The van der Waals surface area contributed by atoms with Gasteiger partial charge in [0.25, 0.3) is 5.91 Å². The lowest BCUT2D eigenvalue weighted by Crippen LogP contribution is -2.36. The minimum Gasteiger partial charge on any atom is -0.495 e. The maximum absolute atomic E-state index is 12.9. The molecule has 0 aliphatic rings. The molecule has 0 radical (unpaired) electrons. The van der Waals surface area contributed by atoms with Crippen molar-refractivity contribution in [2.45, 2.75) is 46.6 Å². The molecule has 1 heterocycles. The third-order valence-electron chi connectivity index (χ3n) is 7.31. The number of carboxylic acid groups (broad SMARTS) is 1. The van der Waals surface area contributed by atoms with Gasteiger partial charge < -0.3 is 30.3 Å². The van der Waals surface area contributed by atoms with Crippen LogP contribution in [-0.4, -0.2) is 89.2 Å². The Morgan fingerprint density at radius 2 is 1.70 bits per heavy atom. The lowest BCUT2D eigenvalue weighted by atomic mass is 10.1. The summed E-state index contributed by atoms with van der Waals surface area (Å²) in [6, 6.07) is 13.4. The quantitative estimate of drug-likeness (QED) is 0.220. The minimum absolute atomic E-state index is 0.0569. The molecule has 12 heteroatoms. The van der Waals surface area contributed by atoms with Crippen LogP contribution in [0.5, 0.6) is 5.75 Å². The minimum atomic E-state index is -1.27. The Kier molecular flexibility index (Phi) is 12.5. The molecule has 0 saturated heterocycles. The van der Waals surface area contributed by atoms with Gasteiger partial charge in [0, 0.05) is 49.7 Å². The Balaban J connectivity index is 1.75. The predicted molar refractivity (Wildman–Crippen MR) is 171 cm³/mol. The third-order valence-corrected chi connectivity index (χ3v) is 7.31. The highest BCUT2D eigenvalue weighted by Crippen LogP contribution is 2.34. The fourth-order valence-electron chi connectivity index (χ4n) is 4.47. The van der Waals surface area contributed by atoms with E-state index in [1.807, 2.05) is 13.8 Å². The summed E-state index contributed by atoms with van der Waals surface area (Å²) in [6.45, 7) is 11.4. The second kappa shape index (κ2) is 16.2. The van der Waals surface area contributed by atoms with Gasteiger partial charge in [0.15, 0.2) is 0 Å². The zero-order valence-electron chi connectivity index (χ0n) is 26.3. The van der Waals surface area contributed by atoms with E-state index in [4.69, 9.17) is 4.74 Å². The molecule has 1 unspecified atom stereocenters. The van der Waals surface area contributed by atoms with E-state index in [1.165, 1.54) is 19.4 Å². The molecule has 12 nitrogen and oxygen atoms in total. The normalized spacial score (nSPS) is 11.5. The Labute approximate surface area is 259 Å². The highest BCUT2D eigenvalue weighted by molar-refractivity contribution is 5.96. The van der Waals surface area contributed by atoms with Gasteiger partial charge in [0.2, 0.25) is 11.9 Å². The van der Waals surface area contributed by atoms with Crippen molar-refractivity contribution in [3.63, 3.8) is 0 Å². The molecule has 2 aromatic carbocycles. The van der Waals surface area contributed by atoms with Gasteiger partial charge in [-0.25, -0.2) is 14.7 Å². The molecule has 3 amide bonds. The SMILES string of the molecule is CCC(C)NC(=O)Cc1ccc(N(C(=O)O)c2ccnc(Nc3ccc(C(=O)N(C)CCN(CC)CC)cc3)n2)c(OC)c1. The van der Waals surface area contributed by atoms with Crippen LogP contribution in [0.15, 0.2) is 54.7 Å². The molecule has 0 aliphatic carbocycles. The average Bonchev–Trinajstić information content (AvgIpc) is 3.02. The molecule has 3 aromatic rings. The van der Waals surface area contributed by atoms with Crippen LogP contribution in [0, 0.1) is 0 Å². The van der Waals surface area contributed by atoms with E-state index in [0.29, 0.717) is 23.4 Å². The number of rotatable bonds is 15. The van der Waals surface area contributed by atoms with Gasteiger partial charge in [-0.1, -0.05) is 26.8 Å². The second-order valence-corrected chi connectivity index (χ2v) is 10.4. The summed E-state index contributed by atoms with van der Waals surface area (Å²) in [7, 11) is 3.23. The second-order valence-electron chi connectivity index (χ2n) is 10.4. The van der Waals surface area contributed by atoms with Gasteiger partial charge in [-0.2, -0.15) is 4.98 Å². The molecule has 3 rings (SSSR count). The van der Waals surface area contributed by atoms with Crippen molar-refractivity contribution in [2.24, 2.45) is 0 Å². The highest BCUT2D eigenvalue weighted by Gasteiger charge is 2.23. The first kappa shape index (κ1) is 33.8. The van der Waals surface area contributed by atoms with E-state index in [-0.39, 0.29) is 47.5 Å². The number of hydrogen-bond acceptors (Lipinski definition) is 8. The van der Waals surface area contributed by atoms with Crippen LogP contribution in [0.4, 0.5) is 27.9 Å². The smallest absolute Gasteiger partial charge is 0.417 e. The Morgan fingerprint density at radius 1 is 1.00 bits per heavy atom. The Morgan fingerprint density at radius 3 is 2.32 bits per heavy atom. The number of ether oxygens (including phenoxy) is 1. The van der Waals surface area contributed by atoms with E-state index >= 15 is 0 Å². The van der Waals surface area contributed by atoms with Crippen LogP contribution < -0.4 is 20.3 Å². The number of likely N-dealkylation sites (N-methyl/N-ethyl adjacent to an activating group) is 2. The summed E-state index contributed by atoms with van der Waals surface area (Å²) in [5.41, 5.74) is 2.10. The molecular weight excluding hydrogens is 562 g/mol. The van der Waals surface area contributed by atoms with Crippen LogP contribution in [0.3, 0.4) is 0 Å². The van der Waals surface area contributed by atoms with Crippen LogP contribution in [0.1, 0.15) is 50.0 Å². The van der Waals surface area contributed by atoms with Crippen molar-refractivity contribution in [3.05, 3.63) is 65.9 Å². The number of nitrogens with zero attached hydrogens (tertiary/aromatic N) is 5. The zero-order valence-corrected chi connectivity index (χ0v) is 26.3. The molecule has 1 atom stereocenters. The summed E-state index contributed by atoms with van der Waals surface area (Å²) >= 11 is 0.